The number of benzene rings is 1. The van der Waals surface area contributed by atoms with Crippen LogP contribution in [0.2, 0.25) is 0 Å². The van der Waals surface area contributed by atoms with Gasteiger partial charge in [-0.1, -0.05) is 0 Å². The van der Waals surface area contributed by atoms with Crippen molar-refractivity contribution in [3.8, 4) is 0 Å². The van der Waals surface area contributed by atoms with Gasteiger partial charge in [-0.3, -0.25) is 29.6 Å². The third-order valence-electron chi connectivity index (χ3n) is 3.08. The third kappa shape index (κ3) is 4.55. The van der Waals surface area contributed by atoms with Gasteiger partial charge in [0, 0.05) is 24.7 Å². The van der Waals surface area contributed by atoms with Crippen LogP contribution in [0.5, 0.6) is 0 Å². The third-order valence-corrected chi connectivity index (χ3v) is 5.06. The summed E-state index contributed by atoms with van der Waals surface area (Å²) >= 11 is 0. The Morgan fingerprint density at radius 2 is 1.79 bits per heavy atom. The molecule has 12 nitrogen and oxygen atoms in total. The summed E-state index contributed by atoms with van der Waals surface area (Å²) in [6, 6.07) is 2.76. The van der Waals surface area contributed by atoms with E-state index < -0.39 is 52.1 Å². The highest BCUT2D eigenvalue weighted by Gasteiger charge is 2.40. The molecule has 1 aromatic carbocycles. The Kier molecular flexibility index (Phi) is 6.49. The van der Waals surface area contributed by atoms with E-state index in [0.29, 0.717) is 0 Å². The highest BCUT2D eigenvalue weighted by atomic mass is 31.2. The van der Waals surface area contributed by atoms with E-state index in [-0.39, 0.29) is 12.8 Å². The second-order valence-electron chi connectivity index (χ2n) is 4.67. The van der Waals surface area contributed by atoms with E-state index in [4.69, 9.17) is 0 Å². The summed E-state index contributed by atoms with van der Waals surface area (Å²) in [5.74, 6) is 1.39. The number of carbonyl (C=O) groups excluding carboxylic acids is 1. The maximum absolute atomic E-state index is 12.2. The zero-order valence-electron chi connectivity index (χ0n) is 12.1. The Bertz CT molecular complexity index is 676. The lowest BCUT2D eigenvalue weighted by molar-refractivity contribution is -0.396. The van der Waals surface area contributed by atoms with E-state index in [9.17, 15) is 39.6 Å². The number of nitrogens with two attached hydrogens (primary N) is 1. The maximum atomic E-state index is 12.2. The number of rotatable bonds is 8. The molecule has 0 aliphatic rings. The highest BCUT2D eigenvalue weighted by Crippen LogP contribution is 2.57. The van der Waals surface area contributed by atoms with Gasteiger partial charge in [0.15, 0.2) is 5.85 Å². The zero-order valence-corrected chi connectivity index (χ0v) is 13.0. The number of aliphatic hydroxyl groups is 1. The second-order valence-corrected chi connectivity index (χ2v) is 7.12. The first-order chi connectivity index (χ1) is 11.1. The van der Waals surface area contributed by atoms with Crippen molar-refractivity contribution in [1.82, 2.24) is 0 Å². The van der Waals surface area contributed by atoms with Crippen molar-refractivity contribution in [2.45, 2.75) is 18.7 Å². The molecule has 0 aliphatic carbocycles. The fourth-order valence-corrected chi connectivity index (χ4v) is 3.48. The molecule has 0 saturated carbocycles. The number of carbonyl (C=O) groups is 1. The lowest BCUT2D eigenvalue weighted by Crippen LogP contribution is -2.12. The molecule has 24 heavy (non-hydrogen) atoms. The van der Waals surface area contributed by atoms with Crippen molar-refractivity contribution in [2.24, 2.45) is 5.90 Å². The SMILES string of the molecule is NOC(=O)CCCP(=O)(O)[C@H](O)c1c([N+](=O)[O-])cccc1[N+](=O)[O-]. The van der Waals surface area contributed by atoms with Crippen LogP contribution in [0.3, 0.4) is 0 Å². The molecule has 4 N–H and O–H groups in total. The van der Waals surface area contributed by atoms with E-state index >= 15 is 0 Å². The van der Waals surface area contributed by atoms with Gasteiger partial charge in [0.2, 0.25) is 7.37 Å². The van der Waals surface area contributed by atoms with Crippen molar-refractivity contribution in [3.05, 3.63) is 44.0 Å². The Hall–Kier alpha value is -2.40. The summed E-state index contributed by atoms with van der Waals surface area (Å²) < 4.78 is 12.2. The first-order valence-corrected chi connectivity index (χ1v) is 8.34. The van der Waals surface area contributed by atoms with Crippen molar-refractivity contribution in [3.63, 3.8) is 0 Å². The molecule has 0 aliphatic heterocycles. The van der Waals surface area contributed by atoms with Crippen LogP contribution in [0.15, 0.2) is 18.2 Å². The molecule has 2 atom stereocenters. The fraction of sp³-hybridized carbons (Fsp3) is 0.364. The molecule has 0 aromatic heterocycles. The molecule has 1 aromatic rings. The topological polar surface area (TPSA) is 196 Å². The van der Waals surface area contributed by atoms with E-state index in [0.717, 1.165) is 18.2 Å². The molecule has 0 amide bonds. The zero-order chi connectivity index (χ0) is 18.5. The highest BCUT2D eigenvalue weighted by molar-refractivity contribution is 7.58. The summed E-state index contributed by atoms with van der Waals surface area (Å²) in [7, 11) is -4.51. The number of hydrogen-bond acceptors (Lipinski definition) is 9. The number of nitro groups is 2. The molecule has 0 saturated heterocycles. The van der Waals surface area contributed by atoms with Crippen LogP contribution >= 0.6 is 7.37 Å². The van der Waals surface area contributed by atoms with Gasteiger partial charge in [-0.2, -0.15) is 5.90 Å². The summed E-state index contributed by atoms with van der Waals surface area (Å²) in [5.41, 5.74) is -2.57. The van der Waals surface area contributed by atoms with Crippen LogP contribution in [0.25, 0.3) is 0 Å². The van der Waals surface area contributed by atoms with Gasteiger partial charge in [0.25, 0.3) is 11.4 Å². The monoisotopic (exact) mass is 363 g/mol. The minimum atomic E-state index is -4.51. The molecule has 0 heterocycles. The van der Waals surface area contributed by atoms with Gasteiger partial charge in [-0.05, 0) is 12.5 Å². The van der Waals surface area contributed by atoms with E-state index in [1.54, 1.807) is 0 Å². The van der Waals surface area contributed by atoms with Gasteiger partial charge >= 0.3 is 5.97 Å². The summed E-state index contributed by atoms with van der Waals surface area (Å²) in [6.45, 7) is 0. The largest absolute Gasteiger partial charge is 0.378 e. The molecule has 1 unspecified atom stereocenters. The van der Waals surface area contributed by atoms with Crippen LogP contribution in [-0.4, -0.2) is 32.0 Å². The van der Waals surface area contributed by atoms with Gasteiger partial charge in [0.1, 0.15) is 5.56 Å². The van der Waals surface area contributed by atoms with E-state index in [1.165, 1.54) is 0 Å². The molecule has 0 fully saturated rings. The number of hydrogen-bond donors (Lipinski definition) is 3. The van der Waals surface area contributed by atoms with E-state index in [2.05, 4.69) is 10.7 Å². The van der Waals surface area contributed by atoms with Gasteiger partial charge < -0.3 is 14.8 Å². The Balaban J connectivity index is 3.18. The van der Waals surface area contributed by atoms with Crippen LogP contribution in [-0.2, 0) is 14.2 Å². The normalized spacial score (nSPS) is 14.5. The average molecular weight is 363 g/mol. The lowest BCUT2D eigenvalue weighted by atomic mass is 10.1. The van der Waals surface area contributed by atoms with Crippen LogP contribution in [0, 0.1) is 20.2 Å². The van der Waals surface area contributed by atoms with Crippen LogP contribution < -0.4 is 5.90 Å². The number of nitrogens with zero attached hydrogens (tertiary/aromatic N) is 2. The lowest BCUT2D eigenvalue weighted by Gasteiger charge is -2.18. The Labute approximate surface area is 134 Å². The summed E-state index contributed by atoms with van der Waals surface area (Å²) in [6.07, 6.45) is -1.16. The molecule has 13 heteroatoms. The quantitative estimate of drug-likeness (QED) is 0.340. The average Bonchev–Trinajstić information content (AvgIpc) is 2.52. The number of nitro benzene ring substituents is 2. The minimum absolute atomic E-state index is 0.213. The molecular formula is C11H14N3O9P. The summed E-state index contributed by atoms with van der Waals surface area (Å²) in [4.78, 5) is 44.6. The first kappa shape index (κ1) is 19.6. The van der Waals surface area contributed by atoms with Gasteiger partial charge in [-0.25, -0.2) is 0 Å². The smallest absolute Gasteiger partial charge is 0.324 e. The number of aliphatic hydroxyl groups excluding tert-OH is 1. The summed E-state index contributed by atoms with van der Waals surface area (Å²) in [5, 5.41) is 32.1. The van der Waals surface area contributed by atoms with E-state index in [1.807, 2.05) is 0 Å². The Morgan fingerprint density at radius 1 is 1.29 bits per heavy atom. The van der Waals surface area contributed by atoms with Crippen molar-refractivity contribution in [2.75, 3.05) is 6.16 Å². The first-order valence-electron chi connectivity index (χ1n) is 6.42. The standard InChI is InChI=1S/C11H14N3O9P/c12-23-9(15)5-2-6-24(21,22)11(16)10-7(13(17)18)3-1-4-8(10)14(19)20/h1,3-4,11,16H,2,5-6,12H2,(H,21,22)/t11-/m0/s1. The van der Waals surface area contributed by atoms with Crippen molar-refractivity contribution < 1.29 is 34.0 Å². The van der Waals surface area contributed by atoms with Crippen LogP contribution in [0.4, 0.5) is 11.4 Å². The van der Waals surface area contributed by atoms with Gasteiger partial charge in [0.05, 0.1) is 9.85 Å². The fourth-order valence-electron chi connectivity index (χ4n) is 1.96. The molecular weight excluding hydrogens is 349 g/mol. The van der Waals surface area contributed by atoms with Crippen LogP contribution in [0.1, 0.15) is 24.3 Å². The van der Waals surface area contributed by atoms with Gasteiger partial charge in [-0.15, -0.1) is 0 Å². The minimum Gasteiger partial charge on any atom is -0.378 e. The predicted molar refractivity (Wildman–Crippen MR) is 78.9 cm³/mol. The Morgan fingerprint density at radius 3 is 2.21 bits per heavy atom. The maximum Gasteiger partial charge on any atom is 0.324 e. The molecule has 0 spiro atoms. The molecule has 0 bridgehead atoms. The molecule has 132 valence electrons. The van der Waals surface area contributed by atoms with Crippen molar-refractivity contribution in [1.29, 1.82) is 0 Å². The van der Waals surface area contributed by atoms with Crippen molar-refractivity contribution >= 4 is 24.7 Å². The molecule has 0 radical (unpaired) electrons. The molecule has 1 rings (SSSR count). The second kappa shape index (κ2) is 7.93. The predicted octanol–water partition coefficient (Wildman–Crippen LogP) is 0.961.